The number of hydrogen-bond donors (Lipinski definition) is 0. The van der Waals surface area contributed by atoms with E-state index in [0.29, 0.717) is 24.6 Å². The minimum absolute atomic E-state index is 0.0748. The number of rotatable bonds is 5. The Bertz CT molecular complexity index is 1040. The molecule has 7 heteroatoms. The molecule has 4 rings (SSSR count). The van der Waals surface area contributed by atoms with Gasteiger partial charge in [-0.05, 0) is 37.8 Å². The Hall–Kier alpha value is -3.22. The van der Waals surface area contributed by atoms with Crippen LogP contribution < -0.4 is 5.56 Å². The van der Waals surface area contributed by atoms with Crippen LogP contribution in [0.2, 0.25) is 0 Å². The van der Waals surface area contributed by atoms with Crippen molar-refractivity contribution < 1.29 is 9.21 Å². The van der Waals surface area contributed by atoms with Gasteiger partial charge in [0.2, 0.25) is 11.8 Å². The maximum absolute atomic E-state index is 13.0. The maximum Gasteiger partial charge on any atom is 0.267 e. The van der Waals surface area contributed by atoms with Crippen LogP contribution in [-0.2, 0) is 17.8 Å². The van der Waals surface area contributed by atoms with Gasteiger partial charge in [0.15, 0.2) is 0 Å². The van der Waals surface area contributed by atoms with Crippen molar-refractivity contribution in [2.24, 2.45) is 0 Å². The van der Waals surface area contributed by atoms with E-state index < -0.39 is 0 Å². The van der Waals surface area contributed by atoms with Gasteiger partial charge in [-0.15, -0.1) is 0 Å². The van der Waals surface area contributed by atoms with E-state index in [4.69, 9.17) is 4.42 Å². The van der Waals surface area contributed by atoms with Gasteiger partial charge in [0, 0.05) is 19.0 Å². The second kappa shape index (κ2) is 8.43. The molecule has 0 spiro atoms. The summed E-state index contributed by atoms with van der Waals surface area (Å²) in [5.74, 6) is 1.20. The number of likely N-dealkylation sites (tertiary alicyclic amines) is 1. The topological polar surface area (TPSA) is 81.2 Å². The van der Waals surface area contributed by atoms with E-state index in [9.17, 15) is 9.59 Å². The van der Waals surface area contributed by atoms with Crippen LogP contribution in [0.3, 0.4) is 0 Å². The Morgan fingerprint density at radius 1 is 1.17 bits per heavy atom. The summed E-state index contributed by atoms with van der Waals surface area (Å²) in [7, 11) is 0. The van der Waals surface area contributed by atoms with Gasteiger partial charge in [-0.25, -0.2) is 9.67 Å². The van der Waals surface area contributed by atoms with Gasteiger partial charge in [0.1, 0.15) is 18.3 Å². The first-order valence-corrected chi connectivity index (χ1v) is 9.93. The summed E-state index contributed by atoms with van der Waals surface area (Å²) in [5.41, 5.74) is 1.57. The molecule has 1 amide bonds. The highest BCUT2D eigenvalue weighted by Gasteiger charge is 2.31. The highest BCUT2D eigenvalue weighted by molar-refractivity contribution is 5.76. The molecule has 0 N–H and O–H groups in total. The smallest absolute Gasteiger partial charge is 0.267 e. The molecule has 3 aromatic rings. The molecule has 2 aromatic heterocycles. The van der Waals surface area contributed by atoms with E-state index in [1.807, 2.05) is 30.3 Å². The average molecular weight is 392 g/mol. The number of nitrogens with zero attached hydrogens (tertiary/aromatic N) is 4. The molecular weight excluding hydrogens is 368 g/mol. The first kappa shape index (κ1) is 19.1. The Balaban J connectivity index is 1.51. The van der Waals surface area contributed by atoms with Crippen molar-refractivity contribution in [3.8, 4) is 0 Å². The summed E-state index contributed by atoms with van der Waals surface area (Å²) in [5, 5.41) is 4.17. The molecule has 3 heterocycles. The van der Waals surface area contributed by atoms with Crippen molar-refractivity contribution >= 4 is 5.91 Å². The van der Waals surface area contributed by atoms with E-state index >= 15 is 0 Å². The lowest BCUT2D eigenvalue weighted by Gasteiger charge is -2.33. The second-order valence-corrected chi connectivity index (χ2v) is 7.40. The third-order valence-corrected chi connectivity index (χ3v) is 5.19. The number of amides is 1. The minimum atomic E-state index is -0.279. The lowest BCUT2D eigenvalue weighted by atomic mass is 10.0. The monoisotopic (exact) mass is 392 g/mol. The molecule has 1 saturated heterocycles. The Morgan fingerprint density at radius 2 is 2.00 bits per heavy atom. The zero-order valence-corrected chi connectivity index (χ0v) is 16.5. The molecule has 1 aliphatic rings. The number of piperidine rings is 1. The largest absolute Gasteiger partial charge is 0.443 e. The molecular formula is C22H24N4O3. The normalized spacial score (nSPS) is 16.7. The molecule has 7 nitrogen and oxygen atoms in total. The maximum atomic E-state index is 13.0. The van der Waals surface area contributed by atoms with Crippen LogP contribution in [0.5, 0.6) is 0 Å². The SMILES string of the molecule is Cc1ccc(=O)n(CC(=O)N2CCCCC2c2ncc(Cc3ccccc3)o2)n1. The van der Waals surface area contributed by atoms with Crippen LogP contribution in [0.4, 0.5) is 0 Å². The number of aromatic nitrogens is 3. The van der Waals surface area contributed by atoms with Crippen LogP contribution in [0.15, 0.2) is 57.9 Å². The highest BCUT2D eigenvalue weighted by atomic mass is 16.4. The van der Waals surface area contributed by atoms with Crippen molar-refractivity contribution in [1.29, 1.82) is 0 Å². The minimum Gasteiger partial charge on any atom is -0.443 e. The first-order valence-electron chi connectivity index (χ1n) is 9.93. The number of hydrogen-bond acceptors (Lipinski definition) is 5. The van der Waals surface area contributed by atoms with E-state index in [2.05, 4.69) is 10.1 Å². The summed E-state index contributed by atoms with van der Waals surface area (Å²) in [6, 6.07) is 12.9. The molecule has 1 aromatic carbocycles. The second-order valence-electron chi connectivity index (χ2n) is 7.40. The van der Waals surface area contributed by atoms with Crippen molar-refractivity contribution in [2.75, 3.05) is 6.54 Å². The molecule has 0 aliphatic carbocycles. The molecule has 1 atom stereocenters. The lowest BCUT2D eigenvalue weighted by molar-refractivity contribution is -0.136. The van der Waals surface area contributed by atoms with Gasteiger partial charge >= 0.3 is 0 Å². The Morgan fingerprint density at radius 3 is 2.83 bits per heavy atom. The molecule has 1 unspecified atom stereocenters. The molecule has 1 fully saturated rings. The Labute approximate surface area is 169 Å². The van der Waals surface area contributed by atoms with Gasteiger partial charge < -0.3 is 9.32 Å². The summed E-state index contributed by atoms with van der Waals surface area (Å²) in [6.45, 7) is 2.35. The standard InChI is InChI=1S/C22H24N4O3/c1-16-10-11-20(27)26(24-16)15-21(28)25-12-6-5-9-19(25)22-23-14-18(29-22)13-17-7-3-2-4-8-17/h2-4,7-8,10-11,14,19H,5-6,9,12-13,15H2,1H3. The summed E-state index contributed by atoms with van der Waals surface area (Å²) < 4.78 is 7.23. The van der Waals surface area contributed by atoms with E-state index in [0.717, 1.165) is 30.6 Å². The molecule has 29 heavy (non-hydrogen) atoms. The number of carbonyl (C=O) groups is 1. The van der Waals surface area contributed by atoms with Gasteiger partial charge in [-0.3, -0.25) is 9.59 Å². The fraction of sp³-hybridized carbons (Fsp3) is 0.364. The van der Waals surface area contributed by atoms with Crippen LogP contribution in [-0.4, -0.2) is 32.1 Å². The molecule has 150 valence electrons. The predicted octanol–water partition coefficient (Wildman–Crippen LogP) is 2.88. The van der Waals surface area contributed by atoms with Gasteiger partial charge in [-0.1, -0.05) is 30.3 Å². The molecule has 0 saturated carbocycles. The van der Waals surface area contributed by atoms with Crippen LogP contribution in [0.1, 0.15) is 48.2 Å². The zero-order chi connectivity index (χ0) is 20.2. The number of oxazole rings is 1. The molecule has 0 radical (unpaired) electrons. The fourth-order valence-electron chi connectivity index (χ4n) is 3.73. The third kappa shape index (κ3) is 4.45. The van der Waals surface area contributed by atoms with E-state index in [-0.39, 0.29) is 24.1 Å². The predicted molar refractivity (Wildman–Crippen MR) is 107 cm³/mol. The van der Waals surface area contributed by atoms with Gasteiger partial charge in [0.25, 0.3) is 5.56 Å². The van der Waals surface area contributed by atoms with Gasteiger partial charge in [-0.2, -0.15) is 5.10 Å². The van der Waals surface area contributed by atoms with Crippen molar-refractivity contribution in [3.05, 3.63) is 81.9 Å². The Kier molecular flexibility index (Phi) is 5.55. The summed E-state index contributed by atoms with van der Waals surface area (Å²) >= 11 is 0. The number of aryl methyl sites for hydroxylation is 1. The molecule has 0 bridgehead atoms. The average Bonchev–Trinajstić information content (AvgIpc) is 3.20. The van der Waals surface area contributed by atoms with Crippen molar-refractivity contribution in [1.82, 2.24) is 19.7 Å². The summed E-state index contributed by atoms with van der Waals surface area (Å²) in [6.07, 6.45) is 5.14. The summed E-state index contributed by atoms with van der Waals surface area (Å²) in [4.78, 5) is 31.2. The third-order valence-electron chi connectivity index (χ3n) is 5.19. The van der Waals surface area contributed by atoms with E-state index in [1.54, 1.807) is 24.1 Å². The molecule has 1 aliphatic heterocycles. The highest BCUT2D eigenvalue weighted by Crippen LogP contribution is 2.31. The zero-order valence-electron chi connectivity index (χ0n) is 16.5. The number of carbonyl (C=O) groups excluding carboxylic acids is 1. The van der Waals surface area contributed by atoms with Crippen molar-refractivity contribution in [3.63, 3.8) is 0 Å². The fourth-order valence-corrected chi connectivity index (χ4v) is 3.73. The quantitative estimate of drug-likeness (QED) is 0.667. The lowest BCUT2D eigenvalue weighted by Crippen LogP contribution is -2.42. The van der Waals surface area contributed by atoms with Crippen LogP contribution in [0.25, 0.3) is 0 Å². The van der Waals surface area contributed by atoms with Gasteiger partial charge in [0.05, 0.1) is 11.9 Å². The van der Waals surface area contributed by atoms with Crippen LogP contribution >= 0.6 is 0 Å². The first-order chi connectivity index (χ1) is 14.1. The number of benzene rings is 1. The van der Waals surface area contributed by atoms with Crippen LogP contribution in [0, 0.1) is 6.92 Å². The van der Waals surface area contributed by atoms with Crippen molar-refractivity contribution in [2.45, 2.75) is 45.2 Å². The van der Waals surface area contributed by atoms with E-state index in [1.165, 1.54) is 10.7 Å².